The second-order valence-corrected chi connectivity index (χ2v) is 6.82. The van der Waals surface area contributed by atoms with E-state index in [4.69, 9.17) is 4.42 Å². The van der Waals surface area contributed by atoms with Crippen LogP contribution in [0.25, 0.3) is 0 Å². The quantitative estimate of drug-likeness (QED) is 0.900. The highest BCUT2D eigenvalue weighted by Gasteiger charge is 2.24. The van der Waals surface area contributed by atoms with Crippen molar-refractivity contribution in [3.63, 3.8) is 0 Å². The van der Waals surface area contributed by atoms with Crippen molar-refractivity contribution < 1.29 is 4.42 Å². The molecule has 1 aliphatic heterocycles. The zero-order valence-electron chi connectivity index (χ0n) is 13.4. The fourth-order valence-corrected chi connectivity index (χ4v) is 2.75. The van der Waals surface area contributed by atoms with Crippen LogP contribution >= 0.6 is 0 Å². The molecule has 1 fully saturated rings. The minimum Gasteiger partial charge on any atom is -0.444 e. The van der Waals surface area contributed by atoms with E-state index >= 15 is 0 Å². The predicted octanol–water partition coefficient (Wildman–Crippen LogP) is 2.94. The van der Waals surface area contributed by atoms with Gasteiger partial charge in [-0.15, -0.1) is 0 Å². The van der Waals surface area contributed by atoms with Crippen molar-refractivity contribution in [2.75, 3.05) is 19.6 Å². The summed E-state index contributed by atoms with van der Waals surface area (Å²) in [6, 6.07) is 0.668. The van der Waals surface area contributed by atoms with Crippen LogP contribution in [0.3, 0.4) is 0 Å². The minimum atomic E-state index is 0.0373. The van der Waals surface area contributed by atoms with Gasteiger partial charge in [0.2, 0.25) is 5.89 Å². The standard InChI is InChI=1S/C16H29N3O/c1-5-10-19(13-6-8-17-9-7-13)12-15-18-11-14(20-15)16(2,3)4/h11,13,17H,5-10,12H2,1-4H3. The minimum absolute atomic E-state index is 0.0373. The van der Waals surface area contributed by atoms with Crippen LogP contribution in [0.15, 0.2) is 10.6 Å². The van der Waals surface area contributed by atoms with Gasteiger partial charge in [-0.05, 0) is 38.9 Å². The van der Waals surface area contributed by atoms with Crippen molar-refractivity contribution in [1.82, 2.24) is 15.2 Å². The van der Waals surface area contributed by atoms with E-state index in [2.05, 4.69) is 42.9 Å². The molecule has 1 aliphatic rings. The summed E-state index contributed by atoms with van der Waals surface area (Å²) in [7, 11) is 0. The second-order valence-electron chi connectivity index (χ2n) is 6.82. The number of nitrogens with zero attached hydrogens (tertiary/aromatic N) is 2. The molecular weight excluding hydrogens is 250 g/mol. The summed E-state index contributed by atoms with van der Waals surface area (Å²) in [6.07, 6.45) is 5.53. The fraction of sp³-hybridized carbons (Fsp3) is 0.812. The van der Waals surface area contributed by atoms with Crippen molar-refractivity contribution in [1.29, 1.82) is 0 Å². The number of rotatable bonds is 5. The third-order valence-corrected chi connectivity index (χ3v) is 3.97. The monoisotopic (exact) mass is 279 g/mol. The third kappa shape index (κ3) is 4.06. The molecule has 2 rings (SSSR count). The first-order valence-electron chi connectivity index (χ1n) is 7.90. The molecule has 1 saturated heterocycles. The molecule has 0 aliphatic carbocycles. The summed E-state index contributed by atoms with van der Waals surface area (Å²) in [4.78, 5) is 7.02. The lowest BCUT2D eigenvalue weighted by Gasteiger charge is -2.33. The maximum absolute atomic E-state index is 5.95. The van der Waals surface area contributed by atoms with Crippen LogP contribution in [0.5, 0.6) is 0 Å². The molecule has 0 aromatic carbocycles. The van der Waals surface area contributed by atoms with Crippen molar-refractivity contribution >= 4 is 0 Å². The number of oxazole rings is 1. The smallest absolute Gasteiger partial charge is 0.208 e. The van der Waals surface area contributed by atoms with Crippen molar-refractivity contribution in [3.8, 4) is 0 Å². The lowest BCUT2D eigenvalue weighted by molar-refractivity contribution is 0.139. The van der Waals surface area contributed by atoms with Gasteiger partial charge in [0.05, 0.1) is 12.7 Å². The summed E-state index contributed by atoms with van der Waals surface area (Å²) in [5.41, 5.74) is 0.0373. The van der Waals surface area contributed by atoms with Gasteiger partial charge in [0.15, 0.2) is 0 Å². The molecular formula is C16H29N3O. The summed E-state index contributed by atoms with van der Waals surface area (Å²) >= 11 is 0. The summed E-state index contributed by atoms with van der Waals surface area (Å²) < 4.78 is 5.95. The Morgan fingerprint density at radius 1 is 1.35 bits per heavy atom. The van der Waals surface area contributed by atoms with E-state index in [9.17, 15) is 0 Å². The normalized spacial score (nSPS) is 17.9. The van der Waals surface area contributed by atoms with Gasteiger partial charge in [-0.2, -0.15) is 0 Å². The number of hydrogen-bond donors (Lipinski definition) is 1. The topological polar surface area (TPSA) is 41.3 Å². The van der Waals surface area contributed by atoms with Crippen LogP contribution in [-0.2, 0) is 12.0 Å². The number of aromatic nitrogens is 1. The third-order valence-electron chi connectivity index (χ3n) is 3.97. The van der Waals surface area contributed by atoms with Gasteiger partial charge in [0, 0.05) is 11.5 Å². The lowest BCUT2D eigenvalue weighted by Crippen LogP contribution is -2.43. The number of piperidine rings is 1. The Kier molecular flexibility index (Phi) is 5.22. The highest BCUT2D eigenvalue weighted by molar-refractivity contribution is 5.06. The molecule has 114 valence electrons. The Balaban J connectivity index is 2.01. The van der Waals surface area contributed by atoms with E-state index < -0.39 is 0 Å². The largest absolute Gasteiger partial charge is 0.444 e. The SMILES string of the molecule is CCCN(Cc1ncc(C(C)(C)C)o1)C1CCNCC1. The lowest BCUT2D eigenvalue weighted by atomic mass is 9.94. The van der Waals surface area contributed by atoms with E-state index in [1.54, 1.807) is 0 Å². The highest BCUT2D eigenvalue weighted by atomic mass is 16.4. The molecule has 0 unspecified atom stereocenters. The first kappa shape index (κ1) is 15.5. The van der Waals surface area contributed by atoms with Gasteiger partial charge >= 0.3 is 0 Å². The number of hydrogen-bond acceptors (Lipinski definition) is 4. The molecule has 0 saturated carbocycles. The first-order chi connectivity index (χ1) is 9.50. The molecule has 0 amide bonds. The first-order valence-corrected chi connectivity index (χ1v) is 7.90. The van der Waals surface area contributed by atoms with E-state index in [-0.39, 0.29) is 5.41 Å². The van der Waals surface area contributed by atoms with Crippen LogP contribution < -0.4 is 5.32 Å². The molecule has 0 bridgehead atoms. The van der Waals surface area contributed by atoms with Gasteiger partial charge < -0.3 is 9.73 Å². The Morgan fingerprint density at radius 3 is 2.60 bits per heavy atom. The summed E-state index contributed by atoms with van der Waals surface area (Å²) in [6.45, 7) is 12.9. The fourth-order valence-electron chi connectivity index (χ4n) is 2.75. The second kappa shape index (κ2) is 6.72. The zero-order chi connectivity index (χ0) is 14.6. The molecule has 2 heterocycles. The maximum Gasteiger partial charge on any atom is 0.208 e. The molecule has 0 radical (unpaired) electrons. The Morgan fingerprint density at radius 2 is 2.05 bits per heavy atom. The molecule has 4 heteroatoms. The average Bonchev–Trinajstić information content (AvgIpc) is 2.88. The maximum atomic E-state index is 5.95. The van der Waals surface area contributed by atoms with E-state index in [0.29, 0.717) is 6.04 Å². The van der Waals surface area contributed by atoms with Gasteiger partial charge in [-0.1, -0.05) is 27.7 Å². The molecule has 1 aromatic rings. The number of nitrogens with one attached hydrogen (secondary N) is 1. The molecule has 0 spiro atoms. The van der Waals surface area contributed by atoms with E-state index in [1.165, 1.54) is 19.3 Å². The van der Waals surface area contributed by atoms with Crippen LogP contribution in [0, 0.1) is 0 Å². The zero-order valence-corrected chi connectivity index (χ0v) is 13.4. The van der Waals surface area contributed by atoms with Gasteiger partial charge in [0.1, 0.15) is 5.76 Å². The average molecular weight is 279 g/mol. The van der Waals surface area contributed by atoms with Crippen molar-refractivity contribution in [3.05, 3.63) is 17.8 Å². The van der Waals surface area contributed by atoms with Gasteiger partial charge in [0.25, 0.3) is 0 Å². The molecule has 20 heavy (non-hydrogen) atoms. The van der Waals surface area contributed by atoms with Crippen molar-refractivity contribution in [2.24, 2.45) is 0 Å². The van der Waals surface area contributed by atoms with Crippen molar-refractivity contribution in [2.45, 2.75) is 65.0 Å². The Bertz CT molecular complexity index is 402. The predicted molar refractivity (Wildman–Crippen MR) is 81.8 cm³/mol. The van der Waals surface area contributed by atoms with Gasteiger partial charge in [-0.3, -0.25) is 4.90 Å². The van der Waals surface area contributed by atoms with Crippen LogP contribution in [0.2, 0.25) is 0 Å². The molecule has 0 atom stereocenters. The Labute approximate surface area is 122 Å². The Hall–Kier alpha value is -0.870. The molecule has 1 N–H and O–H groups in total. The molecule has 4 nitrogen and oxygen atoms in total. The summed E-state index contributed by atoms with van der Waals surface area (Å²) in [5, 5.41) is 3.43. The van der Waals surface area contributed by atoms with Crippen LogP contribution in [0.1, 0.15) is 58.6 Å². The van der Waals surface area contributed by atoms with E-state index in [1.807, 2.05) is 6.20 Å². The van der Waals surface area contributed by atoms with E-state index in [0.717, 1.165) is 37.8 Å². The molecule has 1 aromatic heterocycles. The van der Waals surface area contributed by atoms with Gasteiger partial charge in [-0.25, -0.2) is 4.98 Å². The van der Waals surface area contributed by atoms with Crippen LogP contribution in [-0.4, -0.2) is 35.6 Å². The summed E-state index contributed by atoms with van der Waals surface area (Å²) in [5.74, 6) is 1.84. The highest BCUT2D eigenvalue weighted by Crippen LogP contribution is 2.24. The van der Waals surface area contributed by atoms with Crippen LogP contribution in [0.4, 0.5) is 0 Å².